The summed E-state index contributed by atoms with van der Waals surface area (Å²) in [5.41, 5.74) is 1.96. The number of hydrogen-bond donors (Lipinski definition) is 1. The van der Waals surface area contributed by atoms with E-state index in [0.717, 1.165) is 0 Å². The predicted octanol–water partition coefficient (Wildman–Crippen LogP) is 3.14. The van der Waals surface area contributed by atoms with E-state index in [1.807, 2.05) is 13.0 Å². The highest BCUT2D eigenvalue weighted by Gasteiger charge is 2.16. The zero-order valence-corrected chi connectivity index (χ0v) is 12.2. The molecule has 4 aromatic heterocycles. The van der Waals surface area contributed by atoms with Gasteiger partial charge >= 0.3 is 0 Å². The Bertz CT molecular complexity index is 969. The van der Waals surface area contributed by atoms with Crippen LogP contribution in [-0.2, 0) is 0 Å². The smallest absolute Gasteiger partial charge is 0.292 e. The molecule has 0 saturated carbocycles. The molecular formula is C16H12N4O3. The maximum atomic E-state index is 12.2. The number of aromatic nitrogens is 3. The van der Waals surface area contributed by atoms with E-state index in [9.17, 15) is 4.79 Å². The summed E-state index contributed by atoms with van der Waals surface area (Å²) in [6.45, 7) is 1.82. The van der Waals surface area contributed by atoms with Gasteiger partial charge in [-0.1, -0.05) is 0 Å². The molecule has 4 rings (SSSR count). The third-order valence-corrected chi connectivity index (χ3v) is 3.43. The summed E-state index contributed by atoms with van der Waals surface area (Å²) in [6, 6.07) is 6.87. The van der Waals surface area contributed by atoms with E-state index >= 15 is 0 Å². The lowest BCUT2D eigenvalue weighted by atomic mass is 10.3. The van der Waals surface area contributed by atoms with E-state index in [4.69, 9.17) is 8.83 Å². The van der Waals surface area contributed by atoms with E-state index < -0.39 is 0 Å². The Morgan fingerprint density at radius 2 is 2.04 bits per heavy atom. The summed E-state index contributed by atoms with van der Waals surface area (Å²) in [6.07, 6.45) is 6.44. The number of fused-ring (bicyclic) bond motifs is 1. The normalized spacial score (nSPS) is 11.0. The van der Waals surface area contributed by atoms with E-state index in [2.05, 4.69) is 15.3 Å². The molecule has 7 heteroatoms. The number of hydrogen-bond acceptors (Lipinski definition) is 5. The van der Waals surface area contributed by atoms with Crippen molar-refractivity contribution in [1.29, 1.82) is 0 Å². The molecule has 0 aromatic carbocycles. The molecule has 0 saturated heterocycles. The first-order valence-electron chi connectivity index (χ1n) is 6.96. The Morgan fingerprint density at radius 1 is 1.22 bits per heavy atom. The van der Waals surface area contributed by atoms with Gasteiger partial charge in [0.2, 0.25) is 0 Å². The minimum atomic E-state index is -0.337. The molecule has 23 heavy (non-hydrogen) atoms. The van der Waals surface area contributed by atoms with E-state index in [1.54, 1.807) is 41.3 Å². The van der Waals surface area contributed by atoms with Crippen molar-refractivity contribution in [3.8, 4) is 11.5 Å². The van der Waals surface area contributed by atoms with Crippen LogP contribution in [0.1, 0.15) is 16.2 Å². The van der Waals surface area contributed by atoms with Crippen LogP contribution in [0.3, 0.4) is 0 Å². The molecule has 0 atom stereocenters. The molecule has 0 fully saturated rings. The summed E-state index contributed by atoms with van der Waals surface area (Å²) < 4.78 is 12.2. The van der Waals surface area contributed by atoms with Gasteiger partial charge in [-0.15, -0.1) is 0 Å². The highest BCUT2D eigenvalue weighted by atomic mass is 16.3. The molecule has 0 aliphatic rings. The molecule has 1 amide bonds. The van der Waals surface area contributed by atoms with Gasteiger partial charge in [-0.2, -0.15) is 0 Å². The maximum Gasteiger partial charge on any atom is 0.292 e. The Balaban J connectivity index is 1.77. The molecule has 0 aliphatic heterocycles. The lowest BCUT2D eigenvalue weighted by Crippen LogP contribution is -2.13. The lowest BCUT2D eigenvalue weighted by Gasteiger charge is -2.05. The van der Waals surface area contributed by atoms with Crippen molar-refractivity contribution in [3.63, 3.8) is 0 Å². The van der Waals surface area contributed by atoms with Crippen molar-refractivity contribution in [2.45, 2.75) is 6.92 Å². The van der Waals surface area contributed by atoms with Gasteiger partial charge in [0.25, 0.3) is 5.91 Å². The standard InChI is InChI=1S/C16H12N4O3/c1-10-15(19-16(21)13-5-3-7-23-13)20-9-11(12-4-2-6-22-12)17-8-14(20)18-10/h2-9H,1H3,(H,19,21). The molecule has 0 radical (unpaired) electrons. The van der Waals surface area contributed by atoms with Crippen molar-refractivity contribution in [3.05, 3.63) is 60.6 Å². The fourth-order valence-electron chi connectivity index (χ4n) is 2.35. The van der Waals surface area contributed by atoms with Crippen LogP contribution in [0, 0.1) is 6.92 Å². The average molecular weight is 308 g/mol. The van der Waals surface area contributed by atoms with Crippen LogP contribution in [0.15, 0.2) is 58.0 Å². The maximum absolute atomic E-state index is 12.2. The fraction of sp³-hybridized carbons (Fsp3) is 0.0625. The molecule has 1 N–H and O–H groups in total. The summed E-state index contributed by atoms with van der Waals surface area (Å²) in [4.78, 5) is 20.9. The minimum absolute atomic E-state index is 0.236. The van der Waals surface area contributed by atoms with Crippen molar-refractivity contribution in [1.82, 2.24) is 14.4 Å². The minimum Gasteiger partial charge on any atom is -0.463 e. The number of imidazole rings is 1. The largest absolute Gasteiger partial charge is 0.463 e. The molecule has 114 valence electrons. The van der Waals surface area contributed by atoms with Crippen LogP contribution in [-0.4, -0.2) is 20.3 Å². The van der Waals surface area contributed by atoms with Gasteiger partial charge in [0.15, 0.2) is 17.2 Å². The summed E-state index contributed by atoms with van der Waals surface area (Å²) in [5, 5.41) is 2.82. The highest BCUT2D eigenvalue weighted by Crippen LogP contribution is 2.22. The third kappa shape index (κ3) is 2.28. The van der Waals surface area contributed by atoms with Crippen molar-refractivity contribution < 1.29 is 13.6 Å². The first-order valence-corrected chi connectivity index (χ1v) is 6.96. The first-order chi connectivity index (χ1) is 11.2. The van der Waals surface area contributed by atoms with Crippen LogP contribution >= 0.6 is 0 Å². The Kier molecular flexibility index (Phi) is 2.97. The van der Waals surface area contributed by atoms with Gasteiger partial charge in [-0.05, 0) is 31.2 Å². The van der Waals surface area contributed by atoms with Crippen LogP contribution < -0.4 is 5.32 Å². The van der Waals surface area contributed by atoms with Crippen molar-refractivity contribution in [2.24, 2.45) is 0 Å². The first kappa shape index (κ1) is 13.3. The number of aryl methyl sites for hydroxylation is 1. The van der Waals surface area contributed by atoms with Crippen LogP contribution in [0.4, 0.5) is 5.82 Å². The Morgan fingerprint density at radius 3 is 2.78 bits per heavy atom. The number of anilines is 1. The van der Waals surface area contributed by atoms with Gasteiger partial charge in [0.05, 0.1) is 24.4 Å². The monoisotopic (exact) mass is 308 g/mol. The van der Waals surface area contributed by atoms with Crippen LogP contribution in [0.2, 0.25) is 0 Å². The quantitative estimate of drug-likeness (QED) is 0.628. The average Bonchev–Trinajstić information content (AvgIpc) is 3.28. The third-order valence-electron chi connectivity index (χ3n) is 3.43. The topological polar surface area (TPSA) is 85.6 Å². The van der Waals surface area contributed by atoms with Crippen LogP contribution in [0.5, 0.6) is 0 Å². The van der Waals surface area contributed by atoms with Crippen molar-refractivity contribution >= 4 is 17.4 Å². The number of rotatable bonds is 3. The van der Waals surface area contributed by atoms with Gasteiger partial charge in [-0.3, -0.25) is 9.20 Å². The second-order valence-corrected chi connectivity index (χ2v) is 4.96. The molecule has 7 nitrogen and oxygen atoms in total. The zero-order valence-electron chi connectivity index (χ0n) is 12.2. The highest BCUT2D eigenvalue weighted by molar-refractivity contribution is 6.02. The lowest BCUT2D eigenvalue weighted by molar-refractivity contribution is 0.0996. The predicted molar refractivity (Wildman–Crippen MR) is 82.1 cm³/mol. The summed E-state index contributed by atoms with van der Waals surface area (Å²) >= 11 is 0. The molecule has 0 spiro atoms. The van der Waals surface area contributed by atoms with Gasteiger partial charge in [0.1, 0.15) is 11.5 Å². The number of carbonyl (C=O) groups excluding carboxylic acids is 1. The van der Waals surface area contributed by atoms with Gasteiger partial charge < -0.3 is 14.2 Å². The number of nitrogens with zero attached hydrogens (tertiary/aromatic N) is 3. The molecule has 0 unspecified atom stereocenters. The number of furan rings is 2. The summed E-state index contributed by atoms with van der Waals surface area (Å²) in [5.74, 6) is 1.11. The van der Waals surface area contributed by atoms with E-state index in [0.29, 0.717) is 28.6 Å². The van der Waals surface area contributed by atoms with Gasteiger partial charge in [0, 0.05) is 6.20 Å². The van der Waals surface area contributed by atoms with Crippen LogP contribution in [0.25, 0.3) is 17.1 Å². The Labute approximate surface area is 130 Å². The zero-order chi connectivity index (χ0) is 15.8. The molecule has 4 heterocycles. The number of carbonyl (C=O) groups is 1. The second kappa shape index (κ2) is 5.13. The van der Waals surface area contributed by atoms with Gasteiger partial charge in [-0.25, -0.2) is 9.97 Å². The second-order valence-electron chi connectivity index (χ2n) is 4.96. The van der Waals surface area contributed by atoms with E-state index in [-0.39, 0.29) is 11.7 Å². The SMILES string of the molecule is Cc1nc2cnc(-c3ccco3)cn2c1NC(=O)c1ccco1. The summed E-state index contributed by atoms with van der Waals surface area (Å²) in [7, 11) is 0. The molecule has 0 bridgehead atoms. The fourth-order valence-corrected chi connectivity index (χ4v) is 2.35. The number of amides is 1. The van der Waals surface area contributed by atoms with E-state index in [1.165, 1.54) is 6.26 Å². The molecular weight excluding hydrogens is 296 g/mol. The number of nitrogens with one attached hydrogen (secondary N) is 1. The molecule has 4 aromatic rings. The molecule has 0 aliphatic carbocycles. The Hall–Kier alpha value is -3.35. The van der Waals surface area contributed by atoms with Crippen molar-refractivity contribution in [2.75, 3.05) is 5.32 Å².